The molecule has 1 aromatic carbocycles. The summed E-state index contributed by atoms with van der Waals surface area (Å²) >= 11 is 0. The van der Waals surface area contributed by atoms with Crippen LogP contribution in [0.4, 0.5) is 4.39 Å². The molecule has 0 aromatic heterocycles. The van der Waals surface area contributed by atoms with E-state index in [0.717, 1.165) is 44.0 Å². The van der Waals surface area contributed by atoms with Gasteiger partial charge < -0.3 is 10.2 Å². The maximum atomic E-state index is 14.2. The molecule has 1 aromatic rings. The minimum atomic E-state index is -0.0832. The van der Waals surface area contributed by atoms with Crippen LogP contribution in [0, 0.1) is 5.82 Å². The van der Waals surface area contributed by atoms with Gasteiger partial charge in [-0.2, -0.15) is 0 Å². The summed E-state index contributed by atoms with van der Waals surface area (Å²) in [5, 5.41) is 3.47. The fourth-order valence-corrected chi connectivity index (χ4v) is 4.55. The van der Waals surface area contributed by atoms with E-state index in [-0.39, 0.29) is 35.2 Å². The van der Waals surface area contributed by atoms with Crippen molar-refractivity contribution < 1.29 is 4.39 Å². The second-order valence-corrected chi connectivity index (χ2v) is 8.06. The zero-order chi connectivity index (χ0) is 18.0. The first-order valence-electron chi connectivity index (χ1n) is 10.2. The zero-order valence-electron chi connectivity index (χ0n) is 16.3. The average Bonchev–Trinajstić information content (AvgIpc) is 3.05. The third-order valence-corrected chi connectivity index (χ3v) is 6.29. The molecule has 2 aliphatic heterocycles. The van der Waals surface area contributed by atoms with Gasteiger partial charge in [-0.25, -0.2) is 4.39 Å². The molecule has 2 saturated heterocycles. The molecule has 150 valence electrons. The van der Waals surface area contributed by atoms with Gasteiger partial charge in [0.2, 0.25) is 0 Å². The number of hydrogen-bond acceptors (Lipinski definition) is 2. The topological polar surface area (TPSA) is 30.9 Å². The number of nitrogens with zero attached hydrogens (tertiary/aromatic N) is 3. The Kier molecular flexibility index (Phi) is 7.00. The molecule has 0 radical (unpaired) electrons. The lowest BCUT2D eigenvalue weighted by Crippen LogP contribution is -2.43. The van der Waals surface area contributed by atoms with Gasteiger partial charge in [-0.3, -0.25) is 9.89 Å². The Labute approximate surface area is 179 Å². The van der Waals surface area contributed by atoms with Crippen molar-refractivity contribution in [2.75, 3.05) is 39.3 Å². The fourth-order valence-electron chi connectivity index (χ4n) is 4.55. The Hall–Kier alpha value is -0.890. The number of likely N-dealkylation sites (tertiary alicyclic amines) is 2. The van der Waals surface area contributed by atoms with E-state index >= 15 is 0 Å². The van der Waals surface area contributed by atoms with Crippen molar-refractivity contribution >= 4 is 29.9 Å². The first-order chi connectivity index (χ1) is 12.7. The van der Waals surface area contributed by atoms with Crippen LogP contribution < -0.4 is 5.32 Å². The number of nitrogens with one attached hydrogen (secondary N) is 1. The second-order valence-electron chi connectivity index (χ2n) is 8.06. The van der Waals surface area contributed by atoms with E-state index in [2.05, 4.69) is 22.0 Å². The molecule has 4 nitrogen and oxygen atoms in total. The number of rotatable bonds is 5. The van der Waals surface area contributed by atoms with E-state index in [9.17, 15) is 4.39 Å². The number of halogens is 2. The van der Waals surface area contributed by atoms with Crippen molar-refractivity contribution in [3.05, 3.63) is 35.6 Å². The fraction of sp³-hybridized carbons (Fsp3) is 0.667. The van der Waals surface area contributed by atoms with Crippen molar-refractivity contribution in [3.8, 4) is 0 Å². The molecule has 1 atom stereocenters. The maximum Gasteiger partial charge on any atom is 0.193 e. The van der Waals surface area contributed by atoms with Crippen LogP contribution in [0.5, 0.6) is 0 Å². The summed E-state index contributed by atoms with van der Waals surface area (Å²) in [6, 6.07) is 7.89. The van der Waals surface area contributed by atoms with E-state index < -0.39 is 0 Å². The van der Waals surface area contributed by atoms with E-state index in [1.807, 2.05) is 12.1 Å². The van der Waals surface area contributed by atoms with Gasteiger partial charge in [-0.1, -0.05) is 18.2 Å². The number of hydrogen-bond donors (Lipinski definition) is 1. The summed E-state index contributed by atoms with van der Waals surface area (Å²) < 4.78 is 14.2. The smallest absolute Gasteiger partial charge is 0.193 e. The Morgan fingerprint density at radius 2 is 1.96 bits per heavy atom. The first kappa shape index (κ1) is 20.8. The molecule has 27 heavy (non-hydrogen) atoms. The molecule has 6 heteroatoms. The highest BCUT2D eigenvalue weighted by Gasteiger charge is 2.46. The molecule has 1 aliphatic carbocycles. The summed E-state index contributed by atoms with van der Waals surface area (Å²) in [7, 11) is 0. The van der Waals surface area contributed by atoms with Gasteiger partial charge >= 0.3 is 0 Å². The highest BCUT2D eigenvalue weighted by atomic mass is 127. The van der Waals surface area contributed by atoms with Crippen LogP contribution in [0.15, 0.2) is 29.3 Å². The monoisotopic (exact) mass is 486 g/mol. The molecule has 2 heterocycles. The quantitative estimate of drug-likeness (QED) is 0.392. The minimum absolute atomic E-state index is 0. The van der Waals surface area contributed by atoms with Gasteiger partial charge in [0.15, 0.2) is 5.96 Å². The van der Waals surface area contributed by atoms with Crippen LogP contribution in [-0.2, 0) is 5.41 Å². The molecule has 1 N–H and O–H groups in total. The molecule has 0 spiro atoms. The van der Waals surface area contributed by atoms with Crippen molar-refractivity contribution in [2.45, 2.75) is 50.5 Å². The molecule has 1 saturated carbocycles. The Morgan fingerprint density at radius 1 is 1.22 bits per heavy atom. The van der Waals surface area contributed by atoms with Crippen LogP contribution in [0.25, 0.3) is 0 Å². The zero-order valence-corrected chi connectivity index (χ0v) is 18.6. The second kappa shape index (κ2) is 9.07. The molecule has 0 amide bonds. The number of benzene rings is 1. The van der Waals surface area contributed by atoms with E-state index in [1.165, 1.54) is 32.4 Å². The molecule has 1 unspecified atom stereocenters. The van der Waals surface area contributed by atoms with Gasteiger partial charge in [0.05, 0.1) is 6.54 Å². The molecule has 3 aliphatic rings. The van der Waals surface area contributed by atoms with Gasteiger partial charge in [0, 0.05) is 31.1 Å². The largest absolute Gasteiger partial charge is 0.357 e. The minimum Gasteiger partial charge on any atom is -0.357 e. The molecular formula is C21H32FIN4. The lowest BCUT2D eigenvalue weighted by molar-refractivity contribution is 0.249. The summed E-state index contributed by atoms with van der Waals surface area (Å²) in [6.45, 7) is 8.31. The summed E-state index contributed by atoms with van der Waals surface area (Å²) in [5.74, 6) is 0.928. The molecule has 0 bridgehead atoms. The summed E-state index contributed by atoms with van der Waals surface area (Å²) in [6.07, 6.45) is 5.98. The van der Waals surface area contributed by atoms with Crippen molar-refractivity contribution in [1.29, 1.82) is 0 Å². The van der Waals surface area contributed by atoms with Crippen LogP contribution in [0.2, 0.25) is 0 Å². The van der Waals surface area contributed by atoms with Crippen molar-refractivity contribution in [2.24, 2.45) is 4.99 Å². The van der Waals surface area contributed by atoms with Crippen LogP contribution in [0.3, 0.4) is 0 Å². The summed E-state index contributed by atoms with van der Waals surface area (Å²) in [5.41, 5.74) is 0.760. The maximum absolute atomic E-state index is 14.2. The Balaban J connectivity index is 0.00000210. The Morgan fingerprint density at radius 3 is 2.63 bits per heavy atom. The molecular weight excluding hydrogens is 454 g/mol. The number of aliphatic imine (C=N–C) groups is 1. The van der Waals surface area contributed by atoms with E-state index in [1.54, 1.807) is 12.1 Å². The van der Waals surface area contributed by atoms with Gasteiger partial charge in [0.1, 0.15) is 5.82 Å². The lowest BCUT2D eigenvalue weighted by Gasteiger charge is -2.26. The van der Waals surface area contributed by atoms with Gasteiger partial charge in [0.25, 0.3) is 0 Å². The SMILES string of the molecule is CCNC(=NCC1(c2ccccc2F)CC1)N1CCC(N2CCCC2)C1.I. The number of guanidine groups is 1. The summed E-state index contributed by atoms with van der Waals surface area (Å²) in [4.78, 5) is 10.0. The van der Waals surface area contributed by atoms with Gasteiger partial charge in [-0.15, -0.1) is 24.0 Å². The predicted molar refractivity (Wildman–Crippen MR) is 119 cm³/mol. The lowest BCUT2D eigenvalue weighted by atomic mass is 9.95. The first-order valence-corrected chi connectivity index (χ1v) is 10.2. The van der Waals surface area contributed by atoms with E-state index in [4.69, 9.17) is 4.99 Å². The van der Waals surface area contributed by atoms with Crippen molar-refractivity contribution in [1.82, 2.24) is 15.1 Å². The van der Waals surface area contributed by atoms with Crippen LogP contribution in [0.1, 0.15) is 44.6 Å². The molecule has 3 fully saturated rings. The standard InChI is InChI=1S/C21H31FN4.HI/c1-2-23-20(26-14-9-17(15-26)25-12-5-6-13-25)24-16-21(10-11-21)18-7-3-4-8-19(18)22;/h3-4,7-8,17H,2,5-6,9-16H2,1H3,(H,23,24);1H. The third-order valence-electron chi connectivity index (χ3n) is 6.29. The third kappa shape index (κ3) is 4.58. The normalized spacial score (nSPS) is 24.7. The van der Waals surface area contributed by atoms with E-state index in [0.29, 0.717) is 12.6 Å². The van der Waals surface area contributed by atoms with Crippen LogP contribution in [-0.4, -0.2) is 61.1 Å². The highest BCUT2D eigenvalue weighted by molar-refractivity contribution is 14.0. The molecule has 4 rings (SSSR count). The average molecular weight is 486 g/mol. The Bertz CT molecular complexity index is 655. The van der Waals surface area contributed by atoms with Crippen LogP contribution >= 0.6 is 24.0 Å². The predicted octanol–water partition coefficient (Wildman–Crippen LogP) is 3.61. The van der Waals surface area contributed by atoms with Gasteiger partial charge in [-0.05, 0) is 63.7 Å². The highest BCUT2D eigenvalue weighted by Crippen LogP contribution is 2.49. The van der Waals surface area contributed by atoms with Crippen molar-refractivity contribution in [3.63, 3.8) is 0 Å².